The van der Waals surface area contributed by atoms with Gasteiger partial charge in [-0.1, -0.05) is 12.1 Å². The summed E-state index contributed by atoms with van der Waals surface area (Å²) in [6.45, 7) is -0.0998. The van der Waals surface area contributed by atoms with Gasteiger partial charge in [-0.3, -0.25) is 9.36 Å². The van der Waals surface area contributed by atoms with Crippen molar-refractivity contribution in [1.82, 2.24) is 14.3 Å². The number of aromatic nitrogens is 2. The van der Waals surface area contributed by atoms with Gasteiger partial charge < -0.3 is 0 Å². The number of sulfonamides is 1. The fraction of sp³-hybridized carbons (Fsp3) is 0.111. The third-order valence-corrected chi connectivity index (χ3v) is 5.28. The Bertz CT molecular complexity index is 1110. The second-order valence-electron chi connectivity index (χ2n) is 5.64. The van der Waals surface area contributed by atoms with Gasteiger partial charge >= 0.3 is 0 Å². The molecule has 27 heavy (non-hydrogen) atoms. The molecule has 0 fully saturated rings. The first kappa shape index (κ1) is 18.9. The quantitative estimate of drug-likeness (QED) is 0.698. The first-order valence-corrected chi connectivity index (χ1v) is 9.42. The Morgan fingerprint density at radius 3 is 2.41 bits per heavy atom. The Morgan fingerprint density at radius 1 is 1.04 bits per heavy atom. The van der Waals surface area contributed by atoms with Crippen LogP contribution in [0, 0.1) is 11.6 Å². The molecule has 0 saturated carbocycles. The van der Waals surface area contributed by atoms with Crippen LogP contribution in [0.4, 0.5) is 8.78 Å². The number of rotatable bonds is 6. The maximum atomic E-state index is 13.6. The zero-order valence-electron chi connectivity index (χ0n) is 14.0. The fourth-order valence-corrected chi connectivity index (χ4v) is 3.51. The number of nitrogens with zero attached hydrogens (tertiary/aromatic N) is 2. The second kappa shape index (κ2) is 7.77. The van der Waals surface area contributed by atoms with Crippen LogP contribution in [0.3, 0.4) is 0 Å². The minimum Gasteiger partial charge on any atom is -0.298 e. The summed E-state index contributed by atoms with van der Waals surface area (Å²) in [5.74, 6) is -1.25. The summed E-state index contributed by atoms with van der Waals surface area (Å²) in [7, 11) is -4.03. The van der Waals surface area contributed by atoms with Crippen molar-refractivity contribution in [2.45, 2.75) is 11.4 Å². The zero-order chi connectivity index (χ0) is 19.4. The van der Waals surface area contributed by atoms with Crippen molar-refractivity contribution in [3.63, 3.8) is 0 Å². The highest BCUT2D eigenvalue weighted by Crippen LogP contribution is 2.15. The van der Waals surface area contributed by atoms with Crippen LogP contribution in [0.5, 0.6) is 0 Å². The summed E-state index contributed by atoms with van der Waals surface area (Å²) in [6, 6.07) is 11.8. The van der Waals surface area contributed by atoms with Gasteiger partial charge in [-0.2, -0.15) is 0 Å². The summed E-state index contributed by atoms with van der Waals surface area (Å²) in [5.41, 5.74) is 0.568. The third kappa shape index (κ3) is 4.44. The molecule has 140 valence electrons. The predicted octanol–water partition coefficient (Wildman–Crippen LogP) is 2.17. The van der Waals surface area contributed by atoms with Crippen molar-refractivity contribution in [2.75, 3.05) is 6.54 Å². The van der Waals surface area contributed by atoms with Gasteiger partial charge in [-0.15, -0.1) is 0 Å². The van der Waals surface area contributed by atoms with E-state index in [1.807, 2.05) is 0 Å². The zero-order valence-corrected chi connectivity index (χ0v) is 14.8. The Balaban J connectivity index is 1.69. The van der Waals surface area contributed by atoms with Gasteiger partial charge in [-0.25, -0.2) is 26.9 Å². The van der Waals surface area contributed by atoms with Crippen LogP contribution in [-0.2, 0) is 16.6 Å². The molecule has 2 aromatic carbocycles. The van der Waals surface area contributed by atoms with Gasteiger partial charge in [0.1, 0.15) is 16.5 Å². The molecular weight excluding hydrogens is 376 g/mol. The summed E-state index contributed by atoms with van der Waals surface area (Å²) >= 11 is 0. The molecule has 3 aromatic rings. The molecule has 0 atom stereocenters. The van der Waals surface area contributed by atoms with Crippen LogP contribution in [-0.4, -0.2) is 24.5 Å². The molecule has 0 amide bonds. The Labute approximate surface area is 154 Å². The number of hydrogen-bond donors (Lipinski definition) is 1. The standard InChI is InChI=1S/C18H15F2N3O3S/c19-14-7-5-13(6-8-14)16-11-18(24)23(12-21-16)10-9-22-27(25,26)17-4-2-1-3-15(17)20/h1-8,11-12,22H,9-10H2. The van der Waals surface area contributed by atoms with Crippen molar-refractivity contribution in [3.05, 3.63) is 82.9 Å². The van der Waals surface area contributed by atoms with E-state index in [1.165, 1.54) is 53.4 Å². The summed E-state index contributed by atoms with van der Waals surface area (Å²) in [4.78, 5) is 15.8. The molecule has 1 N–H and O–H groups in total. The van der Waals surface area contributed by atoms with Gasteiger partial charge in [0.15, 0.2) is 0 Å². The molecule has 6 nitrogen and oxygen atoms in total. The molecule has 0 radical (unpaired) electrons. The Hall–Kier alpha value is -2.91. The van der Waals surface area contributed by atoms with Crippen molar-refractivity contribution in [3.8, 4) is 11.3 Å². The van der Waals surface area contributed by atoms with Crippen molar-refractivity contribution < 1.29 is 17.2 Å². The minimum atomic E-state index is -4.03. The fourth-order valence-electron chi connectivity index (χ4n) is 2.41. The highest BCUT2D eigenvalue weighted by molar-refractivity contribution is 7.89. The molecule has 0 aliphatic heterocycles. The maximum Gasteiger partial charge on any atom is 0.253 e. The molecule has 0 aliphatic carbocycles. The van der Waals surface area contributed by atoms with Crippen molar-refractivity contribution in [2.24, 2.45) is 0 Å². The molecule has 1 heterocycles. The molecule has 0 unspecified atom stereocenters. The maximum absolute atomic E-state index is 13.6. The summed E-state index contributed by atoms with van der Waals surface area (Å²) < 4.78 is 54.3. The van der Waals surface area contributed by atoms with Crippen LogP contribution >= 0.6 is 0 Å². The second-order valence-corrected chi connectivity index (χ2v) is 7.38. The molecule has 0 aliphatic rings. The van der Waals surface area contributed by atoms with E-state index in [-0.39, 0.29) is 13.1 Å². The van der Waals surface area contributed by atoms with E-state index in [9.17, 15) is 22.0 Å². The highest BCUT2D eigenvalue weighted by Gasteiger charge is 2.17. The molecule has 9 heteroatoms. The van der Waals surface area contributed by atoms with Crippen LogP contribution in [0.15, 0.2) is 70.6 Å². The van der Waals surface area contributed by atoms with E-state index in [0.717, 1.165) is 12.1 Å². The molecular formula is C18H15F2N3O3S. The number of halogens is 2. The normalized spacial score (nSPS) is 11.5. The first-order valence-electron chi connectivity index (χ1n) is 7.93. The van der Waals surface area contributed by atoms with Crippen molar-refractivity contribution in [1.29, 1.82) is 0 Å². The SMILES string of the molecule is O=c1cc(-c2ccc(F)cc2)ncn1CCNS(=O)(=O)c1ccccc1F. The van der Waals surface area contributed by atoms with Gasteiger partial charge in [0.25, 0.3) is 5.56 Å². The molecule has 0 saturated heterocycles. The van der Waals surface area contributed by atoms with Crippen LogP contribution in [0.25, 0.3) is 11.3 Å². The van der Waals surface area contributed by atoms with Crippen LogP contribution in [0.2, 0.25) is 0 Å². The Morgan fingerprint density at radius 2 is 1.74 bits per heavy atom. The molecule has 0 bridgehead atoms. The predicted molar refractivity (Wildman–Crippen MR) is 95.5 cm³/mol. The number of nitrogens with one attached hydrogen (secondary N) is 1. The monoisotopic (exact) mass is 391 g/mol. The van der Waals surface area contributed by atoms with E-state index < -0.39 is 32.1 Å². The third-order valence-electron chi connectivity index (χ3n) is 3.79. The molecule has 3 rings (SSSR count). The van der Waals surface area contributed by atoms with Gasteiger partial charge in [0, 0.05) is 24.7 Å². The van der Waals surface area contributed by atoms with Crippen molar-refractivity contribution >= 4 is 10.0 Å². The lowest BCUT2D eigenvalue weighted by atomic mass is 10.1. The van der Waals surface area contributed by atoms with Gasteiger partial charge in [0.05, 0.1) is 12.0 Å². The van der Waals surface area contributed by atoms with E-state index >= 15 is 0 Å². The lowest BCUT2D eigenvalue weighted by Gasteiger charge is -2.09. The van der Waals surface area contributed by atoms with Gasteiger partial charge in [-0.05, 0) is 36.4 Å². The van der Waals surface area contributed by atoms with E-state index in [1.54, 1.807) is 0 Å². The van der Waals surface area contributed by atoms with E-state index in [0.29, 0.717) is 11.3 Å². The Kier molecular flexibility index (Phi) is 5.43. The van der Waals surface area contributed by atoms with Gasteiger partial charge in [0.2, 0.25) is 10.0 Å². The highest BCUT2D eigenvalue weighted by atomic mass is 32.2. The number of benzene rings is 2. The minimum absolute atomic E-state index is 0.0171. The summed E-state index contributed by atoms with van der Waals surface area (Å²) in [6.07, 6.45) is 1.28. The first-order chi connectivity index (χ1) is 12.9. The lowest BCUT2D eigenvalue weighted by Crippen LogP contribution is -2.31. The smallest absolute Gasteiger partial charge is 0.253 e. The van der Waals surface area contributed by atoms with Crippen LogP contribution in [0.1, 0.15) is 0 Å². The van der Waals surface area contributed by atoms with Crippen LogP contribution < -0.4 is 10.3 Å². The van der Waals surface area contributed by atoms with E-state index in [4.69, 9.17) is 0 Å². The summed E-state index contributed by atoms with van der Waals surface area (Å²) in [5, 5.41) is 0. The largest absolute Gasteiger partial charge is 0.298 e. The topological polar surface area (TPSA) is 81.1 Å². The van der Waals surface area contributed by atoms with E-state index in [2.05, 4.69) is 9.71 Å². The average Bonchev–Trinajstić information content (AvgIpc) is 2.64. The number of hydrogen-bond acceptors (Lipinski definition) is 4. The molecule has 0 spiro atoms. The average molecular weight is 391 g/mol. The lowest BCUT2D eigenvalue weighted by molar-refractivity contribution is 0.549. The molecule has 1 aromatic heterocycles.